The van der Waals surface area contributed by atoms with Crippen LogP contribution in [0.4, 0.5) is 0 Å². The van der Waals surface area contributed by atoms with Crippen molar-refractivity contribution in [1.29, 1.82) is 0 Å². The van der Waals surface area contributed by atoms with Gasteiger partial charge >= 0.3 is 0 Å². The van der Waals surface area contributed by atoms with Gasteiger partial charge in [-0.3, -0.25) is 0 Å². The largest absolute Gasteiger partial charge is 0.497 e. The molecule has 4 heteroatoms. The van der Waals surface area contributed by atoms with Crippen LogP contribution in [0, 0.1) is 0 Å². The number of ether oxygens (including phenoxy) is 3. The maximum Gasteiger partial charge on any atom is 0.132 e. The molecule has 1 aliphatic heterocycles. The number of methoxy groups -OCH3 is 1. The molecule has 0 bridgehead atoms. The number of rotatable bonds is 4. The fraction of sp³-hybridized carbons (Fsp3) is 0.571. The van der Waals surface area contributed by atoms with Gasteiger partial charge in [-0.1, -0.05) is 0 Å². The third-order valence-electron chi connectivity index (χ3n) is 3.17. The predicted octanol–water partition coefficient (Wildman–Crippen LogP) is 2.31. The van der Waals surface area contributed by atoms with Gasteiger partial charge in [0.1, 0.15) is 17.1 Å². The summed E-state index contributed by atoms with van der Waals surface area (Å²) < 4.78 is 16.6. The second-order valence-corrected chi connectivity index (χ2v) is 4.81. The summed E-state index contributed by atoms with van der Waals surface area (Å²) in [4.78, 5) is 0. The van der Waals surface area contributed by atoms with Crippen molar-refractivity contribution in [3.63, 3.8) is 0 Å². The fourth-order valence-electron chi connectivity index (χ4n) is 2.24. The Kier molecular flexibility index (Phi) is 3.78. The first-order valence-electron chi connectivity index (χ1n) is 6.21. The maximum atomic E-state index is 10.2. The zero-order valence-corrected chi connectivity index (χ0v) is 11.1. The minimum absolute atomic E-state index is 0.469. The monoisotopic (exact) mass is 252 g/mol. The molecule has 4 nitrogen and oxygen atoms in total. The normalized spacial score (nSPS) is 26.3. The predicted molar refractivity (Wildman–Crippen MR) is 68.1 cm³/mol. The van der Waals surface area contributed by atoms with Gasteiger partial charge in [0.2, 0.25) is 0 Å². The Hall–Kier alpha value is -1.26. The quantitative estimate of drug-likeness (QED) is 0.893. The molecule has 1 aromatic carbocycles. The SMILES string of the molecule is CCOCC1(C)C[C@H](O)c2ccc(OC)cc2O1. The van der Waals surface area contributed by atoms with Crippen LogP contribution in [-0.4, -0.2) is 31.0 Å². The Labute approximate surface area is 107 Å². The Bertz CT molecular complexity index is 418. The van der Waals surface area contributed by atoms with Crippen LogP contribution < -0.4 is 9.47 Å². The molecule has 0 saturated heterocycles. The van der Waals surface area contributed by atoms with E-state index in [0.29, 0.717) is 25.4 Å². The number of hydrogen-bond acceptors (Lipinski definition) is 4. The van der Waals surface area contributed by atoms with Crippen LogP contribution in [-0.2, 0) is 4.74 Å². The molecule has 0 spiro atoms. The highest BCUT2D eigenvalue weighted by molar-refractivity contribution is 5.43. The molecule has 0 radical (unpaired) electrons. The van der Waals surface area contributed by atoms with E-state index >= 15 is 0 Å². The van der Waals surface area contributed by atoms with Crippen LogP contribution in [0.3, 0.4) is 0 Å². The van der Waals surface area contributed by atoms with E-state index in [1.807, 2.05) is 32.0 Å². The summed E-state index contributed by atoms with van der Waals surface area (Å²) in [6.45, 7) is 5.01. The van der Waals surface area contributed by atoms with Crippen molar-refractivity contribution < 1.29 is 19.3 Å². The zero-order valence-electron chi connectivity index (χ0n) is 11.1. The maximum absolute atomic E-state index is 10.2. The average molecular weight is 252 g/mol. The molecule has 0 saturated carbocycles. The first-order chi connectivity index (χ1) is 8.58. The molecule has 1 aliphatic rings. The molecular weight excluding hydrogens is 232 g/mol. The van der Waals surface area contributed by atoms with E-state index in [1.54, 1.807) is 7.11 Å². The number of aliphatic hydroxyl groups excluding tert-OH is 1. The van der Waals surface area contributed by atoms with Gasteiger partial charge in [0.05, 0.1) is 19.8 Å². The van der Waals surface area contributed by atoms with Crippen LogP contribution in [0.15, 0.2) is 18.2 Å². The van der Waals surface area contributed by atoms with Crippen molar-refractivity contribution in [1.82, 2.24) is 0 Å². The molecule has 2 atom stereocenters. The Morgan fingerprint density at radius 2 is 2.28 bits per heavy atom. The van der Waals surface area contributed by atoms with E-state index in [0.717, 1.165) is 11.3 Å². The molecule has 18 heavy (non-hydrogen) atoms. The lowest BCUT2D eigenvalue weighted by molar-refractivity contribution is -0.0576. The summed E-state index contributed by atoms with van der Waals surface area (Å²) in [6.07, 6.45) is 0.0110. The molecule has 0 aromatic heterocycles. The summed E-state index contributed by atoms with van der Waals surface area (Å²) in [7, 11) is 1.61. The topological polar surface area (TPSA) is 47.9 Å². The van der Waals surface area contributed by atoms with Crippen LogP contribution in [0.25, 0.3) is 0 Å². The van der Waals surface area contributed by atoms with Gasteiger partial charge in [-0.05, 0) is 26.0 Å². The molecule has 0 aliphatic carbocycles. The van der Waals surface area contributed by atoms with E-state index in [9.17, 15) is 5.11 Å². The molecule has 100 valence electrons. The van der Waals surface area contributed by atoms with Gasteiger partial charge < -0.3 is 19.3 Å². The highest BCUT2D eigenvalue weighted by Crippen LogP contribution is 2.41. The van der Waals surface area contributed by atoms with Gasteiger partial charge in [0.25, 0.3) is 0 Å². The highest BCUT2D eigenvalue weighted by atomic mass is 16.5. The summed E-state index contributed by atoms with van der Waals surface area (Å²) in [5.74, 6) is 1.40. The summed E-state index contributed by atoms with van der Waals surface area (Å²) in [6, 6.07) is 5.48. The van der Waals surface area contributed by atoms with Gasteiger partial charge in [0, 0.05) is 24.7 Å². The molecule has 0 fully saturated rings. The molecule has 2 rings (SSSR count). The Morgan fingerprint density at radius 3 is 2.94 bits per heavy atom. The van der Waals surface area contributed by atoms with Crippen molar-refractivity contribution in [3.8, 4) is 11.5 Å². The van der Waals surface area contributed by atoms with Crippen molar-refractivity contribution in [3.05, 3.63) is 23.8 Å². The Morgan fingerprint density at radius 1 is 1.50 bits per heavy atom. The molecule has 1 N–H and O–H groups in total. The second-order valence-electron chi connectivity index (χ2n) is 4.81. The van der Waals surface area contributed by atoms with Crippen LogP contribution >= 0.6 is 0 Å². The highest BCUT2D eigenvalue weighted by Gasteiger charge is 2.37. The first kappa shape index (κ1) is 13.2. The third-order valence-corrected chi connectivity index (χ3v) is 3.17. The summed E-state index contributed by atoms with van der Waals surface area (Å²) in [5, 5.41) is 10.2. The fourth-order valence-corrected chi connectivity index (χ4v) is 2.24. The van der Waals surface area contributed by atoms with Crippen LogP contribution in [0.5, 0.6) is 11.5 Å². The minimum Gasteiger partial charge on any atom is -0.497 e. The second kappa shape index (κ2) is 5.16. The number of hydrogen-bond donors (Lipinski definition) is 1. The van der Waals surface area contributed by atoms with Crippen molar-refractivity contribution in [2.75, 3.05) is 20.3 Å². The molecule has 1 heterocycles. The van der Waals surface area contributed by atoms with Gasteiger partial charge in [0.15, 0.2) is 0 Å². The van der Waals surface area contributed by atoms with Crippen LogP contribution in [0.2, 0.25) is 0 Å². The van der Waals surface area contributed by atoms with E-state index in [-0.39, 0.29) is 0 Å². The molecule has 1 unspecified atom stereocenters. The smallest absolute Gasteiger partial charge is 0.132 e. The standard InChI is InChI=1S/C14H20O4/c1-4-17-9-14(2)8-12(15)11-6-5-10(16-3)7-13(11)18-14/h5-7,12,15H,4,8-9H2,1-3H3/t12-,14?/m0/s1. The zero-order chi connectivity index (χ0) is 13.2. The molecular formula is C14H20O4. The first-order valence-corrected chi connectivity index (χ1v) is 6.21. The van der Waals surface area contributed by atoms with Gasteiger partial charge in [-0.25, -0.2) is 0 Å². The van der Waals surface area contributed by atoms with Crippen molar-refractivity contribution in [2.45, 2.75) is 32.0 Å². The van der Waals surface area contributed by atoms with Crippen molar-refractivity contribution in [2.24, 2.45) is 0 Å². The number of benzene rings is 1. The van der Waals surface area contributed by atoms with E-state index in [2.05, 4.69) is 0 Å². The average Bonchev–Trinajstić information content (AvgIpc) is 2.35. The lowest BCUT2D eigenvalue weighted by Gasteiger charge is -2.38. The third kappa shape index (κ3) is 2.60. The van der Waals surface area contributed by atoms with Gasteiger partial charge in [-0.15, -0.1) is 0 Å². The van der Waals surface area contributed by atoms with E-state index < -0.39 is 11.7 Å². The van der Waals surface area contributed by atoms with E-state index in [1.165, 1.54) is 0 Å². The lowest BCUT2D eigenvalue weighted by atomic mass is 9.91. The van der Waals surface area contributed by atoms with E-state index in [4.69, 9.17) is 14.2 Å². The summed E-state index contributed by atoms with van der Waals surface area (Å²) >= 11 is 0. The van der Waals surface area contributed by atoms with Gasteiger partial charge in [-0.2, -0.15) is 0 Å². The van der Waals surface area contributed by atoms with Crippen molar-refractivity contribution >= 4 is 0 Å². The lowest BCUT2D eigenvalue weighted by Crippen LogP contribution is -2.42. The molecule has 1 aromatic rings. The Balaban J connectivity index is 2.25. The molecule has 0 amide bonds. The number of fused-ring (bicyclic) bond motifs is 1. The summed E-state index contributed by atoms with van der Waals surface area (Å²) in [5.41, 5.74) is 0.319. The number of aliphatic hydroxyl groups is 1. The minimum atomic E-state index is -0.523. The van der Waals surface area contributed by atoms with Crippen LogP contribution in [0.1, 0.15) is 31.9 Å².